The summed E-state index contributed by atoms with van der Waals surface area (Å²) in [6.07, 6.45) is 1.86. The van der Waals surface area contributed by atoms with Crippen molar-refractivity contribution in [3.63, 3.8) is 0 Å². The lowest BCUT2D eigenvalue weighted by Gasteiger charge is -1.96. The fourth-order valence-corrected chi connectivity index (χ4v) is 3.27. The van der Waals surface area contributed by atoms with Crippen LogP contribution in [0.3, 0.4) is 0 Å². The molecular formula is C11H7BrClN3S. The second-order valence-corrected chi connectivity index (χ2v) is 6.37. The molecule has 17 heavy (non-hydrogen) atoms. The van der Waals surface area contributed by atoms with Crippen molar-refractivity contribution >= 4 is 50.3 Å². The van der Waals surface area contributed by atoms with E-state index in [1.807, 2.05) is 24.4 Å². The molecule has 3 aromatic heterocycles. The number of nitrogens with two attached hydrogens (primary N) is 1. The highest BCUT2D eigenvalue weighted by Crippen LogP contribution is 2.35. The SMILES string of the molecule is Nc1c(-c2ccc(Br)s2)nc2c(Cl)cccn12. The summed E-state index contributed by atoms with van der Waals surface area (Å²) in [5.41, 5.74) is 7.54. The smallest absolute Gasteiger partial charge is 0.158 e. The minimum Gasteiger partial charge on any atom is -0.383 e. The quantitative estimate of drug-likeness (QED) is 0.732. The van der Waals surface area contributed by atoms with Crippen molar-refractivity contribution in [3.05, 3.63) is 39.3 Å². The number of aromatic nitrogens is 2. The molecule has 86 valence electrons. The first-order valence-corrected chi connectivity index (χ1v) is 6.83. The third-order valence-electron chi connectivity index (χ3n) is 2.45. The number of anilines is 1. The molecule has 6 heteroatoms. The molecule has 0 radical (unpaired) electrons. The van der Waals surface area contributed by atoms with E-state index in [9.17, 15) is 0 Å². The summed E-state index contributed by atoms with van der Waals surface area (Å²) >= 11 is 11.1. The highest BCUT2D eigenvalue weighted by molar-refractivity contribution is 9.11. The van der Waals surface area contributed by atoms with E-state index in [1.54, 1.807) is 21.8 Å². The Morgan fingerprint density at radius 1 is 1.35 bits per heavy atom. The van der Waals surface area contributed by atoms with Crippen molar-refractivity contribution in [2.45, 2.75) is 0 Å². The Kier molecular flexibility index (Phi) is 2.61. The first-order valence-electron chi connectivity index (χ1n) is 4.84. The van der Waals surface area contributed by atoms with Crippen LogP contribution in [0.25, 0.3) is 16.2 Å². The number of fused-ring (bicyclic) bond motifs is 1. The number of imidazole rings is 1. The Morgan fingerprint density at radius 3 is 2.82 bits per heavy atom. The third-order valence-corrected chi connectivity index (χ3v) is 4.37. The van der Waals surface area contributed by atoms with E-state index in [0.29, 0.717) is 16.5 Å². The molecule has 3 heterocycles. The molecule has 0 spiro atoms. The molecule has 0 bridgehead atoms. The number of nitrogen functional groups attached to an aromatic ring is 1. The van der Waals surface area contributed by atoms with Gasteiger partial charge in [-0.3, -0.25) is 4.40 Å². The van der Waals surface area contributed by atoms with Crippen LogP contribution < -0.4 is 5.73 Å². The summed E-state index contributed by atoms with van der Waals surface area (Å²) in [7, 11) is 0. The molecule has 0 saturated heterocycles. The third kappa shape index (κ3) is 1.74. The summed E-state index contributed by atoms with van der Waals surface area (Å²) in [5.74, 6) is 0.608. The van der Waals surface area contributed by atoms with E-state index in [-0.39, 0.29) is 0 Å². The lowest BCUT2D eigenvalue weighted by atomic mass is 10.3. The van der Waals surface area contributed by atoms with Gasteiger partial charge in [-0.15, -0.1) is 11.3 Å². The first-order chi connectivity index (χ1) is 8.16. The Morgan fingerprint density at radius 2 is 2.18 bits per heavy atom. The van der Waals surface area contributed by atoms with Gasteiger partial charge in [-0.1, -0.05) is 11.6 Å². The van der Waals surface area contributed by atoms with Crippen molar-refractivity contribution in [1.29, 1.82) is 0 Å². The van der Waals surface area contributed by atoms with Crippen LogP contribution in [0.15, 0.2) is 34.2 Å². The van der Waals surface area contributed by atoms with E-state index in [4.69, 9.17) is 17.3 Å². The lowest BCUT2D eigenvalue weighted by Crippen LogP contribution is -1.93. The van der Waals surface area contributed by atoms with Gasteiger partial charge in [0.15, 0.2) is 5.65 Å². The van der Waals surface area contributed by atoms with E-state index >= 15 is 0 Å². The molecule has 0 aliphatic carbocycles. The second-order valence-electron chi connectivity index (χ2n) is 3.50. The maximum absolute atomic E-state index is 6.09. The van der Waals surface area contributed by atoms with Gasteiger partial charge in [0.2, 0.25) is 0 Å². The van der Waals surface area contributed by atoms with Gasteiger partial charge < -0.3 is 5.73 Å². The zero-order valence-electron chi connectivity index (χ0n) is 8.52. The van der Waals surface area contributed by atoms with Crippen LogP contribution in [0.5, 0.6) is 0 Å². The summed E-state index contributed by atoms with van der Waals surface area (Å²) in [5, 5.41) is 0.598. The Hall–Kier alpha value is -1.04. The molecule has 2 N–H and O–H groups in total. The second kappa shape index (κ2) is 4.01. The first kappa shape index (κ1) is 11.1. The van der Waals surface area contributed by atoms with Crippen LogP contribution in [0.4, 0.5) is 5.82 Å². The molecule has 0 unspecified atom stereocenters. The minimum atomic E-state index is 0.598. The summed E-state index contributed by atoms with van der Waals surface area (Å²) in [4.78, 5) is 5.51. The van der Waals surface area contributed by atoms with Gasteiger partial charge in [-0.05, 0) is 40.2 Å². The average Bonchev–Trinajstić information content (AvgIpc) is 2.85. The highest BCUT2D eigenvalue weighted by Gasteiger charge is 2.14. The van der Waals surface area contributed by atoms with Gasteiger partial charge in [0, 0.05) is 6.20 Å². The zero-order chi connectivity index (χ0) is 12.0. The van der Waals surface area contributed by atoms with Gasteiger partial charge in [0.05, 0.1) is 13.7 Å². The van der Waals surface area contributed by atoms with Gasteiger partial charge in [-0.2, -0.15) is 0 Å². The fourth-order valence-electron chi connectivity index (χ4n) is 1.68. The number of hydrogen-bond donors (Lipinski definition) is 1. The molecule has 0 amide bonds. The predicted molar refractivity (Wildman–Crippen MR) is 75.6 cm³/mol. The van der Waals surface area contributed by atoms with E-state index in [1.165, 1.54) is 0 Å². The summed E-state index contributed by atoms with van der Waals surface area (Å²) in [6, 6.07) is 7.62. The number of hydrogen-bond acceptors (Lipinski definition) is 3. The number of rotatable bonds is 1. The molecule has 0 aromatic carbocycles. The van der Waals surface area contributed by atoms with E-state index < -0.39 is 0 Å². The molecule has 0 fully saturated rings. The molecular weight excluding hydrogens is 322 g/mol. The van der Waals surface area contributed by atoms with E-state index in [2.05, 4.69) is 20.9 Å². The molecule has 0 aliphatic heterocycles. The van der Waals surface area contributed by atoms with Crippen molar-refractivity contribution in [2.24, 2.45) is 0 Å². The lowest BCUT2D eigenvalue weighted by molar-refractivity contribution is 1.20. The van der Waals surface area contributed by atoms with Gasteiger partial charge in [-0.25, -0.2) is 4.98 Å². The number of halogens is 2. The number of pyridine rings is 1. The van der Waals surface area contributed by atoms with Crippen LogP contribution in [0.1, 0.15) is 0 Å². The van der Waals surface area contributed by atoms with Gasteiger partial charge in [0.25, 0.3) is 0 Å². The van der Waals surface area contributed by atoms with Crippen LogP contribution in [-0.2, 0) is 0 Å². The zero-order valence-corrected chi connectivity index (χ0v) is 11.7. The van der Waals surface area contributed by atoms with Crippen molar-refractivity contribution in [1.82, 2.24) is 9.38 Å². The summed E-state index contributed by atoms with van der Waals surface area (Å²) in [6.45, 7) is 0. The minimum absolute atomic E-state index is 0.598. The average molecular weight is 329 g/mol. The molecule has 3 rings (SSSR count). The van der Waals surface area contributed by atoms with Crippen molar-refractivity contribution < 1.29 is 0 Å². The molecule has 3 nitrogen and oxygen atoms in total. The fraction of sp³-hybridized carbons (Fsp3) is 0. The van der Waals surface area contributed by atoms with Crippen LogP contribution >= 0.6 is 38.9 Å². The van der Waals surface area contributed by atoms with Crippen LogP contribution in [-0.4, -0.2) is 9.38 Å². The normalized spacial score (nSPS) is 11.2. The molecule has 0 saturated carbocycles. The maximum atomic E-state index is 6.09. The van der Waals surface area contributed by atoms with Gasteiger partial charge >= 0.3 is 0 Å². The van der Waals surface area contributed by atoms with Crippen molar-refractivity contribution in [2.75, 3.05) is 5.73 Å². The monoisotopic (exact) mass is 327 g/mol. The summed E-state index contributed by atoms with van der Waals surface area (Å²) < 4.78 is 2.85. The number of nitrogens with zero attached hydrogens (tertiary/aromatic N) is 2. The molecule has 0 aliphatic rings. The molecule has 3 aromatic rings. The van der Waals surface area contributed by atoms with Crippen molar-refractivity contribution in [3.8, 4) is 10.6 Å². The Balaban J connectivity index is 2.31. The van der Waals surface area contributed by atoms with E-state index in [0.717, 1.165) is 14.4 Å². The Bertz CT molecular complexity index is 704. The van der Waals surface area contributed by atoms with Crippen LogP contribution in [0.2, 0.25) is 5.02 Å². The maximum Gasteiger partial charge on any atom is 0.158 e. The highest BCUT2D eigenvalue weighted by atomic mass is 79.9. The number of thiophene rings is 1. The Labute approximate surface area is 115 Å². The predicted octanol–water partition coefficient (Wildman–Crippen LogP) is 4.06. The van der Waals surface area contributed by atoms with Crippen LogP contribution in [0, 0.1) is 0 Å². The standard InChI is InChI=1S/C11H7BrClN3S/c12-8-4-3-7(17-8)9-10(14)16-5-1-2-6(13)11(16)15-9/h1-5H,14H2. The topological polar surface area (TPSA) is 43.3 Å². The largest absolute Gasteiger partial charge is 0.383 e. The molecule has 0 atom stereocenters. The van der Waals surface area contributed by atoms with Gasteiger partial charge in [0.1, 0.15) is 11.5 Å².